The molecule has 5 heteroatoms. The van der Waals surface area contributed by atoms with Gasteiger partial charge in [-0.3, -0.25) is 4.79 Å². The number of hydrogen-bond donors (Lipinski definition) is 1. The van der Waals surface area contributed by atoms with E-state index in [1.165, 1.54) is 38.5 Å². The molecule has 1 rings (SSSR count). The van der Waals surface area contributed by atoms with Gasteiger partial charge in [0.05, 0.1) is 0 Å². The quantitative estimate of drug-likeness (QED) is 0.247. The Balaban J connectivity index is 0.00000625. The van der Waals surface area contributed by atoms with Crippen LogP contribution in [0, 0.1) is 0 Å². The van der Waals surface area contributed by atoms with Crippen molar-refractivity contribution in [2.24, 2.45) is 5.73 Å². The SMILES string of the molecule is CCCCCCCCCCCC(=O)OC(=O)C(N)Cc1ccccc1.[NaH]. The Morgan fingerprint density at radius 1 is 0.923 bits per heavy atom. The molecule has 0 aliphatic carbocycles. The van der Waals surface area contributed by atoms with Gasteiger partial charge < -0.3 is 10.5 Å². The van der Waals surface area contributed by atoms with Gasteiger partial charge in [0.25, 0.3) is 0 Å². The maximum absolute atomic E-state index is 11.9. The minimum absolute atomic E-state index is 0. The summed E-state index contributed by atoms with van der Waals surface area (Å²) < 4.78 is 4.85. The van der Waals surface area contributed by atoms with Gasteiger partial charge >= 0.3 is 41.5 Å². The van der Waals surface area contributed by atoms with Crippen LogP contribution >= 0.6 is 0 Å². The van der Waals surface area contributed by atoms with Crippen LogP contribution in [0.5, 0.6) is 0 Å². The zero-order valence-corrected chi connectivity index (χ0v) is 15.5. The van der Waals surface area contributed by atoms with E-state index in [-0.39, 0.29) is 29.6 Å². The molecule has 4 nitrogen and oxygen atoms in total. The number of hydrogen-bond acceptors (Lipinski definition) is 4. The normalized spacial score (nSPS) is 11.5. The summed E-state index contributed by atoms with van der Waals surface area (Å²) in [6.07, 6.45) is 11.3. The Hall–Kier alpha value is -0.680. The molecule has 0 aliphatic rings. The van der Waals surface area contributed by atoms with Crippen molar-refractivity contribution in [3.8, 4) is 0 Å². The molecule has 1 unspecified atom stereocenters. The third-order valence-electron chi connectivity index (χ3n) is 4.30. The molecule has 0 saturated heterocycles. The first kappa shape index (κ1) is 25.3. The van der Waals surface area contributed by atoms with E-state index in [4.69, 9.17) is 10.5 Å². The third kappa shape index (κ3) is 12.6. The van der Waals surface area contributed by atoms with Crippen LogP contribution in [0.4, 0.5) is 0 Å². The first-order valence-corrected chi connectivity index (χ1v) is 9.67. The Morgan fingerprint density at radius 2 is 1.46 bits per heavy atom. The summed E-state index contributed by atoms with van der Waals surface area (Å²) in [5, 5.41) is 0. The fourth-order valence-electron chi connectivity index (χ4n) is 2.77. The maximum atomic E-state index is 11.9. The second-order valence-corrected chi connectivity index (χ2v) is 6.67. The fraction of sp³-hybridized carbons (Fsp3) is 0.619. The first-order valence-electron chi connectivity index (χ1n) is 9.67. The molecule has 1 atom stereocenters. The third-order valence-corrected chi connectivity index (χ3v) is 4.30. The van der Waals surface area contributed by atoms with Crippen LogP contribution in [-0.2, 0) is 20.7 Å². The van der Waals surface area contributed by atoms with Crippen molar-refractivity contribution in [3.05, 3.63) is 35.9 Å². The number of nitrogens with two attached hydrogens (primary N) is 1. The van der Waals surface area contributed by atoms with E-state index in [0.29, 0.717) is 12.8 Å². The van der Waals surface area contributed by atoms with E-state index in [1.54, 1.807) is 0 Å². The van der Waals surface area contributed by atoms with Crippen LogP contribution in [0.3, 0.4) is 0 Å². The second kappa shape index (κ2) is 16.5. The number of rotatable bonds is 13. The topological polar surface area (TPSA) is 69.4 Å². The molecule has 0 fully saturated rings. The molecule has 1 aromatic carbocycles. The molecule has 0 radical (unpaired) electrons. The van der Waals surface area contributed by atoms with Crippen LogP contribution in [0.1, 0.15) is 76.7 Å². The fourth-order valence-corrected chi connectivity index (χ4v) is 2.77. The van der Waals surface area contributed by atoms with E-state index < -0.39 is 18.0 Å². The van der Waals surface area contributed by atoms with Crippen molar-refractivity contribution >= 4 is 41.5 Å². The van der Waals surface area contributed by atoms with Gasteiger partial charge in [-0.25, -0.2) is 4.79 Å². The van der Waals surface area contributed by atoms with Crippen molar-refractivity contribution in [3.63, 3.8) is 0 Å². The van der Waals surface area contributed by atoms with Crippen molar-refractivity contribution in [1.29, 1.82) is 0 Å². The Kier molecular flexibility index (Phi) is 16.1. The van der Waals surface area contributed by atoms with Crippen molar-refractivity contribution in [2.75, 3.05) is 0 Å². The summed E-state index contributed by atoms with van der Waals surface area (Å²) in [5.74, 6) is -1.10. The van der Waals surface area contributed by atoms with Crippen LogP contribution in [0.2, 0.25) is 0 Å². The molecule has 0 saturated carbocycles. The molecular formula is C21H34NNaO3. The van der Waals surface area contributed by atoms with Gasteiger partial charge in [-0.1, -0.05) is 88.6 Å². The number of carbonyl (C=O) groups excluding carboxylic acids is 2. The summed E-state index contributed by atoms with van der Waals surface area (Å²) >= 11 is 0. The van der Waals surface area contributed by atoms with Gasteiger partial charge in [-0.15, -0.1) is 0 Å². The van der Waals surface area contributed by atoms with E-state index in [1.807, 2.05) is 30.3 Å². The monoisotopic (exact) mass is 371 g/mol. The number of benzene rings is 1. The summed E-state index contributed by atoms with van der Waals surface area (Å²) in [7, 11) is 0. The Labute approximate surface area is 180 Å². The molecule has 142 valence electrons. The average molecular weight is 371 g/mol. The van der Waals surface area contributed by atoms with Gasteiger partial charge in [0.1, 0.15) is 6.04 Å². The molecule has 0 spiro atoms. The van der Waals surface area contributed by atoms with E-state index in [2.05, 4.69) is 6.92 Å². The predicted molar refractivity (Wildman–Crippen MR) is 108 cm³/mol. The van der Waals surface area contributed by atoms with Crippen LogP contribution in [0.25, 0.3) is 0 Å². The summed E-state index contributed by atoms with van der Waals surface area (Å²) in [6, 6.07) is 8.69. The number of esters is 2. The Morgan fingerprint density at radius 3 is 2.04 bits per heavy atom. The van der Waals surface area contributed by atoms with Crippen molar-refractivity contribution in [1.82, 2.24) is 0 Å². The zero-order chi connectivity index (χ0) is 18.3. The average Bonchev–Trinajstić information content (AvgIpc) is 2.61. The number of unbranched alkanes of at least 4 members (excludes halogenated alkanes) is 8. The van der Waals surface area contributed by atoms with E-state index in [0.717, 1.165) is 24.8 Å². The summed E-state index contributed by atoms with van der Waals surface area (Å²) in [5.41, 5.74) is 6.77. The molecular weight excluding hydrogens is 337 g/mol. The predicted octanol–water partition coefficient (Wildman–Crippen LogP) is 3.90. The molecule has 0 aliphatic heterocycles. The Bertz CT molecular complexity index is 493. The van der Waals surface area contributed by atoms with Crippen LogP contribution in [-0.4, -0.2) is 47.5 Å². The summed E-state index contributed by atoms with van der Waals surface area (Å²) in [4.78, 5) is 23.6. The first-order chi connectivity index (χ1) is 12.1. The summed E-state index contributed by atoms with van der Waals surface area (Å²) in [6.45, 7) is 2.22. The molecule has 0 amide bonds. The van der Waals surface area contributed by atoms with Gasteiger partial charge in [0.15, 0.2) is 0 Å². The van der Waals surface area contributed by atoms with Gasteiger partial charge in [0.2, 0.25) is 0 Å². The zero-order valence-electron chi connectivity index (χ0n) is 15.5. The van der Waals surface area contributed by atoms with E-state index in [9.17, 15) is 9.59 Å². The van der Waals surface area contributed by atoms with Crippen LogP contribution < -0.4 is 5.73 Å². The molecule has 0 heterocycles. The van der Waals surface area contributed by atoms with Gasteiger partial charge in [-0.05, 0) is 18.4 Å². The number of carbonyl (C=O) groups is 2. The molecule has 0 bridgehead atoms. The molecule has 26 heavy (non-hydrogen) atoms. The standard InChI is InChI=1S/C21H33NO3.Na.H/c1-2-3-4-5-6-7-8-9-13-16-20(23)25-21(24)19(22)17-18-14-11-10-12-15-18;;/h10-12,14-15,19H,2-9,13,16-17,22H2,1H3;;. The molecule has 1 aromatic rings. The van der Waals surface area contributed by atoms with E-state index >= 15 is 0 Å². The van der Waals surface area contributed by atoms with Gasteiger partial charge in [0, 0.05) is 6.42 Å². The van der Waals surface area contributed by atoms with Gasteiger partial charge in [-0.2, -0.15) is 0 Å². The van der Waals surface area contributed by atoms with Crippen LogP contribution in [0.15, 0.2) is 30.3 Å². The minimum atomic E-state index is -0.797. The van der Waals surface area contributed by atoms with Crippen molar-refractivity contribution in [2.45, 2.75) is 83.6 Å². The molecule has 2 N–H and O–H groups in total. The molecule has 0 aromatic heterocycles. The number of ether oxygens (including phenoxy) is 1. The second-order valence-electron chi connectivity index (χ2n) is 6.67. The van der Waals surface area contributed by atoms with Crippen molar-refractivity contribution < 1.29 is 14.3 Å².